The van der Waals surface area contributed by atoms with Gasteiger partial charge in [-0.3, -0.25) is 9.69 Å². The molecule has 3 amide bonds. The molecular formula is C20H22N2O2. The van der Waals surface area contributed by atoms with E-state index >= 15 is 0 Å². The summed E-state index contributed by atoms with van der Waals surface area (Å²) in [6, 6.07) is 17.1. The highest BCUT2D eigenvalue weighted by Crippen LogP contribution is 2.29. The number of nitrogens with zero attached hydrogens (tertiary/aromatic N) is 1. The van der Waals surface area contributed by atoms with Crippen molar-refractivity contribution in [3.8, 4) is 0 Å². The van der Waals surface area contributed by atoms with Crippen molar-refractivity contribution in [2.75, 3.05) is 0 Å². The van der Waals surface area contributed by atoms with Gasteiger partial charge in [0.25, 0.3) is 5.91 Å². The van der Waals surface area contributed by atoms with Gasteiger partial charge in [0.05, 0.1) is 6.54 Å². The Bertz CT molecular complexity index is 753. The molecule has 1 aliphatic rings. The Labute approximate surface area is 142 Å². The Morgan fingerprint density at radius 2 is 1.62 bits per heavy atom. The Balaban J connectivity index is 1.82. The molecule has 4 heteroatoms. The maximum atomic E-state index is 12.9. The lowest BCUT2D eigenvalue weighted by Gasteiger charge is -2.22. The molecule has 1 heterocycles. The maximum absolute atomic E-state index is 12.9. The molecule has 1 N–H and O–H groups in total. The summed E-state index contributed by atoms with van der Waals surface area (Å²) in [5.41, 5.74) is 1.97. The fourth-order valence-corrected chi connectivity index (χ4v) is 3.00. The van der Waals surface area contributed by atoms with Crippen LogP contribution < -0.4 is 5.32 Å². The second kappa shape index (κ2) is 6.11. The van der Waals surface area contributed by atoms with Gasteiger partial charge in [-0.05, 0) is 29.5 Å². The van der Waals surface area contributed by atoms with Gasteiger partial charge in [-0.2, -0.15) is 0 Å². The van der Waals surface area contributed by atoms with Crippen LogP contribution in [0.5, 0.6) is 0 Å². The molecule has 1 unspecified atom stereocenters. The van der Waals surface area contributed by atoms with Gasteiger partial charge < -0.3 is 5.32 Å². The second-order valence-electron chi connectivity index (χ2n) is 6.71. The van der Waals surface area contributed by atoms with E-state index in [0.29, 0.717) is 5.92 Å². The van der Waals surface area contributed by atoms with Crippen LogP contribution in [0.1, 0.15) is 43.4 Å². The Hall–Kier alpha value is -2.62. The van der Waals surface area contributed by atoms with Crippen LogP contribution in [0.2, 0.25) is 0 Å². The van der Waals surface area contributed by atoms with Crippen LogP contribution in [-0.4, -0.2) is 16.8 Å². The highest BCUT2D eigenvalue weighted by atomic mass is 16.2. The lowest BCUT2D eigenvalue weighted by molar-refractivity contribution is -0.131. The van der Waals surface area contributed by atoms with Crippen molar-refractivity contribution < 1.29 is 9.59 Å². The topological polar surface area (TPSA) is 49.4 Å². The summed E-state index contributed by atoms with van der Waals surface area (Å²) in [5.74, 6) is 0.240. The minimum Gasteiger partial charge on any atom is -0.319 e. The number of urea groups is 1. The number of imide groups is 1. The van der Waals surface area contributed by atoms with Crippen molar-refractivity contribution in [2.45, 2.75) is 38.8 Å². The molecule has 0 aromatic heterocycles. The molecule has 0 aliphatic carbocycles. The van der Waals surface area contributed by atoms with Gasteiger partial charge in [-0.1, -0.05) is 68.4 Å². The predicted molar refractivity (Wildman–Crippen MR) is 93.4 cm³/mol. The molecule has 1 atom stereocenters. The predicted octanol–water partition coefficient (Wildman–Crippen LogP) is 3.78. The average molecular weight is 322 g/mol. The summed E-state index contributed by atoms with van der Waals surface area (Å²) in [7, 11) is 0. The van der Waals surface area contributed by atoms with Gasteiger partial charge in [-0.25, -0.2) is 4.79 Å². The smallest absolute Gasteiger partial charge is 0.319 e. The van der Waals surface area contributed by atoms with E-state index in [-0.39, 0.29) is 18.5 Å². The number of amides is 3. The first kappa shape index (κ1) is 16.2. The van der Waals surface area contributed by atoms with E-state index in [1.165, 1.54) is 10.5 Å². The van der Waals surface area contributed by atoms with Gasteiger partial charge >= 0.3 is 6.03 Å². The van der Waals surface area contributed by atoms with E-state index in [1.54, 1.807) is 6.92 Å². The van der Waals surface area contributed by atoms with E-state index < -0.39 is 5.54 Å². The van der Waals surface area contributed by atoms with Crippen molar-refractivity contribution in [1.29, 1.82) is 0 Å². The highest BCUT2D eigenvalue weighted by molar-refractivity contribution is 6.07. The quantitative estimate of drug-likeness (QED) is 0.871. The molecule has 0 spiro atoms. The molecule has 0 saturated carbocycles. The number of benzene rings is 2. The van der Waals surface area contributed by atoms with Crippen LogP contribution in [0, 0.1) is 0 Å². The number of carbonyl (C=O) groups is 2. The Morgan fingerprint density at radius 1 is 1.00 bits per heavy atom. The molecule has 1 aliphatic heterocycles. The summed E-state index contributed by atoms with van der Waals surface area (Å²) >= 11 is 0. The van der Waals surface area contributed by atoms with Crippen molar-refractivity contribution >= 4 is 11.9 Å². The molecule has 3 rings (SSSR count). The molecule has 2 aromatic rings. The van der Waals surface area contributed by atoms with E-state index in [0.717, 1.165) is 11.1 Å². The largest absolute Gasteiger partial charge is 0.325 e. The summed E-state index contributed by atoms with van der Waals surface area (Å²) < 4.78 is 0. The lowest BCUT2D eigenvalue weighted by atomic mass is 9.92. The Morgan fingerprint density at radius 3 is 2.21 bits per heavy atom. The number of hydrogen-bond donors (Lipinski definition) is 1. The lowest BCUT2D eigenvalue weighted by Crippen LogP contribution is -2.40. The summed E-state index contributed by atoms with van der Waals surface area (Å²) in [6.45, 7) is 6.31. The van der Waals surface area contributed by atoms with Gasteiger partial charge in [0, 0.05) is 0 Å². The standard InChI is InChI=1S/C20H22N2O2/c1-14(2)16-11-9-15(10-12-16)13-22-18(23)20(3,21-19(22)24)17-7-5-4-6-8-17/h4-12,14H,13H2,1-3H3,(H,21,24). The Kier molecular flexibility index (Phi) is 4.14. The molecule has 124 valence electrons. The van der Waals surface area contributed by atoms with Crippen LogP contribution >= 0.6 is 0 Å². The monoisotopic (exact) mass is 322 g/mol. The van der Waals surface area contributed by atoms with Gasteiger partial charge in [-0.15, -0.1) is 0 Å². The molecule has 1 saturated heterocycles. The fourth-order valence-electron chi connectivity index (χ4n) is 3.00. The summed E-state index contributed by atoms with van der Waals surface area (Å²) in [4.78, 5) is 26.5. The zero-order valence-electron chi connectivity index (χ0n) is 14.2. The van der Waals surface area contributed by atoms with Gasteiger partial charge in [0.15, 0.2) is 0 Å². The number of carbonyl (C=O) groups excluding carboxylic acids is 2. The third-order valence-electron chi connectivity index (χ3n) is 4.61. The molecule has 2 aromatic carbocycles. The van der Waals surface area contributed by atoms with Crippen LogP contribution in [0.3, 0.4) is 0 Å². The van der Waals surface area contributed by atoms with Crippen LogP contribution in [0.4, 0.5) is 4.79 Å². The second-order valence-corrected chi connectivity index (χ2v) is 6.71. The van der Waals surface area contributed by atoms with Crippen LogP contribution in [0.25, 0.3) is 0 Å². The third kappa shape index (κ3) is 2.80. The van der Waals surface area contributed by atoms with Crippen molar-refractivity contribution in [2.24, 2.45) is 0 Å². The van der Waals surface area contributed by atoms with Crippen molar-refractivity contribution in [3.05, 3.63) is 71.3 Å². The van der Waals surface area contributed by atoms with Gasteiger partial charge in [0.2, 0.25) is 0 Å². The first-order chi connectivity index (χ1) is 11.4. The summed E-state index contributed by atoms with van der Waals surface area (Å²) in [6.07, 6.45) is 0. The number of nitrogens with one attached hydrogen (secondary N) is 1. The normalized spacial score (nSPS) is 20.6. The molecule has 4 nitrogen and oxygen atoms in total. The first-order valence-corrected chi connectivity index (χ1v) is 8.20. The molecule has 1 fully saturated rings. The molecule has 0 radical (unpaired) electrons. The zero-order valence-corrected chi connectivity index (χ0v) is 14.2. The molecule has 0 bridgehead atoms. The molecular weight excluding hydrogens is 300 g/mol. The summed E-state index contributed by atoms with van der Waals surface area (Å²) in [5, 5.41) is 2.83. The van der Waals surface area contributed by atoms with Crippen molar-refractivity contribution in [3.63, 3.8) is 0 Å². The fraction of sp³-hybridized carbons (Fsp3) is 0.300. The number of hydrogen-bond acceptors (Lipinski definition) is 2. The molecule has 24 heavy (non-hydrogen) atoms. The van der Waals surface area contributed by atoms with Crippen LogP contribution in [0.15, 0.2) is 54.6 Å². The van der Waals surface area contributed by atoms with Crippen molar-refractivity contribution in [1.82, 2.24) is 10.2 Å². The van der Waals surface area contributed by atoms with Crippen LogP contribution in [-0.2, 0) is 16.9 Å². The highest BCUT2D eigenvalue weighted by Gasteiger charge is 2.48. The van der Waals surface area contributed by atoms with E-state index in [9.17, 15) is 9.59 Å². The van der Waals surface area contributed by atoms with E-state index in [2.05, 4.69) is 31.3 Å². The zero-order chi connectivity index (χ0) is 17.3. The first-order valence-electron chi connectivity index (χ1n) is 8.20. The minimum atomic E-state index is -1.00. The third-order valence-corrected chi connectivity index (χ3v) is 4.61. The van der Waals surface area contributed by atoms with Gasteiger partial charge in [0.1, 0.15) is 5.54 Å². The number of rotatable bonds is 4. The average Bonchev–Trinajstić information content (AvgIpc) is 2.80. The minimum absolute atomic E-state index is 0.216. The van der Waals surface area contributed by atoms with E-state index in [4.69, 9.17) is 0 Å². The SMILES string of the molecule is CC(C)c1ccc(CN2C(=O)NC(C)(c3ccccc3)C2=O)cc1. The maximum Gasteiger partial charge on any atom is 0.325 e. The van der Waals surface area contributed by atoms with E-state index in [1.807, 2.05) is 42.5 Å².